The van der Waals surface area contributed by atoms with Crippen LogP contribution in [0.3, 0.4) is 0 Å². The number of nitrogens with two attached hydrogens (primary N) is 2. The van der Waals surface area contributed by atoms with Gasteiger partial charge in [-0.3, -0.25) is 23.0 Å². The van der Waals surface area contributed by atoms with E-state index in [1.165, 1.54) is 36.6 Å². The quantitative estimate of drug-likeness (QED) is 0.0669. The first-order valence-corrected chi connectivity index (χ1v) is 18.0. The normalized spacial score (nSPS) is 27.1. The van der Waals surface area contributed by atoms with Crippen LogP contribution in [0.25, 0.3) is 11.2 Å². The van der Waals surface area contributed by atoms with Crippen molar-refractivity contribution in [1.29, 1.82) is 0 Å². The summed E-state index contributed by atoms with van der Waals surface area (Å²) in [5.41, 5.74) is 12.3. The second-order valence-electron chi connectivity index (χ2n) is 12.8. The molecule has 22 nitrogen and oxygen atoms in total. The number of imidazole rings is 1. The highest BCUT2D eigenvalue weighted by Gasteiger charge is 2.51. The summed E-state index contributed by atoms with van der Waals surface area (Å²) in [7, 11) is -0.126. The number of phosphoric ester groups is 1. The Morgan fingerprint density at radius 3 is 2.46 bits per heavy atom. The predicted molar refractivity (Wildman–Crippen MR) is 187 cm³/mol. The largest absolute Gasteiger partial charge is 0.497 e. The minimum absolute atomic E-state index is 0.114. The molecule has 2 saturated heterocycles. The first kappa shape index (κ1) is 39.1. The molecule has 54 heavy (non-hydrogen) atoms. The van der Waals surface area contributed by atoms with Gasteiger partial charge in [0.15, 0.2) is 29.4 Å². The van der Waals surface area contributed by atoms with Crippen molar-refractivity contribution < 1.29 is 52.8 Å². The summed E-state index contributed by atoms with van der Waals surface area (Å²) in [4.78, 5) is 55.1. The van der Waals surface area contributed by atoms with Gasteiger partial charge in [-0.25, -0.2) is 24.3 Å². The molecule has 0 aliphatic carbocycles. The molecule has 5 heterocycles. The molecule has 6 rings (SSSR count). The number of amides is 1. The van der Waals surface area contributed by atoms with Crippen LogP contribution in [0.5, 0.6) is 5.75 Å². The Bertz CT molecular complexity index is 2050. The second-order valence-corrected chi connectivity index (χ2v) is 14.2. The van der Waals surface area contributed by atoms with Crippen molar-refractivity contribution in [3.05, 3.63) is 65.2 Å². The van der Waals surface area contributed by atoms with Crippen LogP contribution < -0.4 is 32.1 Å². The molecule has 9 N–H and O–H groups in total. The summed E-state index contributed by atoms with van der Waals surface area (Å²) in [5, 5.41) is 34.8. The van der Waals surface area contributed by atoms with Gasteiger partial charge in [-0.15, -0.1) is 0 Å². The molecule has 2 aliphatic rings. The Hall–Kier alpha value is -4.61. The standard InChI is InChI=1S/C31H41N10O12P/c1-39(2)26-22-27(35-13-34-26)41(14-36-22)29-24(44)21(38-28(45)17(32)10-15-4-6-16(49-3)7-5-15)19(52-29)12-50-54(47,48)53-25-23(43)18(11-42)51-30(25)40-9-8-20(33)37-31(40)46/h4-9,13-14,17-19,21,23-25,29-30,42-44H,10-12,32H2,1-3H3,(H,38,45)(H,47,48)(H2,33,37,46)/t17?,18-,19+,21+,23-,24+,25-,29+,30-/m0/s1. The Morgan fingerprint density at radius 2 is 1.80 bits per heavy atom. The summed E-state index contributed by atoms with van der Waals surface area (Å²) in [6, 6.07) is 5.82. The van der Waals surface area contributed by atoms with Crippen molar-refractivity contribution in [3.63, 3.8) is 0 Å². The van der Waals surface area contributed by atoms with Gasteiger partial charge in [-0.2, -0.15) is 4.98 Å². The number of aliphatic hydroxyl groups is 3. The number of ether oxygens (including phenoxy) is 3. The van der Waals surface area contributed by atoms with Crippen LogP contribution in [0, 0.1) is 0 Å². The van der Waals surface area contributed by atoms with E-state index >= 15 is 0 Å². The van der Waals surface area contributed by atoms with Crippen LogP contribution in [-0.2, 0) is 34.3 Å². The van der Waals surface area contributed by atoms with Gasteiger partial charge >= 0.3 is 13.5 Å². The summed E-state index contributed by atoms with van der Waals surface area (Å²) in [5.74, 6) is 0.311. The van der Waals surface area contributed by atoms with Crippen LogP contribution in [0.4, 0.5) is 11.6 Å². The van der Waals surface area contributed by atoms with Gasteiger partial charge in [-0.1, -0.05) is 12.1 Å². The Labute approximate surface area is 306 Å². The number of carbonyl (C=O) groups excluding carboxylic acids is 1. The molecule has 1 aromatic carbocycles. The van der Waals surface area contributed by atoms with Crippen molar-refractivity contribution in [1.82, 2.24) is 34.4 Å². The van der Waals surface area contributed by atoms with E-state index in [1.807, 2.05) is 0 Å². The number of rotatable bonds is 14. The van der Waals surface area contributed by atoms with Crippen molar-refractivity contribution in [2.24, 2.45) is 5.73 Å². The summed E-state index contributed by atoms with van der Waals surface area (Å²) < 4.78 is 43.2. The van der Waals surface area contributed by atoms with Gasteiger partial charge in [0.25, 0.3) is 0 Å². The van der Waals surface area contributed by atoms with Gasteiger partial charge in [-0.05, 0) is 30.2 Å². The highest BCUT2D eigenvalue weighted by Crippen LogP contribution is 2.49. The SMILES string of the molecule is COc1ccc(CC(N)C(=O)N[C@H]2[C@@H](O)[C@H](n3cnc4c(N(C)C)ncnc43)O[C@@H]2COP(=O)(O)O[C@H]2[C@@H](O)[C@H](CO)O[C@@H]2n2ccc(N)nc2=O)cc1. The zero-order chi connectivity index (χ0) is 38.9. The number of phosphoric acid groups is 1. The van der Waals surface area contributed by atoms with E-state index in [2.05, 4.69) is 25.3 Å². The number of fused-ring (bicyclic) bond motifs is 1. The summed E-state index contributed by atoms with van der Waals surface area (Å²) in [6.07, 6.45) is -6.38. The van der Waals surface area contributed by atoms with Crippen molar-refractivity contribution >= 4 is 36.5 Å². The van der Waals surface area contributed by atoms with E-state index < -0.39 is 87.7 Å². The molecule has 2 unspecified atom stereocenters. The molecule has 23 heteroatoms. The average Bonchev–Trinajstić information content (AvgIpc) is 3.80. The van der Waals surface area contributed by atoms with Crippen LogP contribution in [0.1, 0.15) is 18.0 Å². The lowest BCUT2D eigenvalue weighted by Crippen LogP contribution is -2.53. The van der Waals surface area contributed by atoms with Gasteiger partial charge in [0.05, 0.1) is 38.7 Å². The number of aromatic nitrogens is 6. The summed E-state index contributed by atoms with van der Waals surface area (Å²) >= 11 is 0. The topological polar surface area (TPSA) is 307 Å². The molecule has 2 aliphatic heterocycles. The predicted octanol–water partition coefficient (Wildman–Crippen LogP) is -2.19. The fourth-order valence-corrected chi connectivity index (χ4v) is 7.14. The Kier molecular flexibility index (Phi) is 11.6. The molecule has 0 radical (unpaired) electrons. The molecule has 0 bridgehead atoms. The maximum atomic E-state index is 13.4. The van der Waals surface area contributed by atoms with E-state index in [-0.39, 0.29) is 17.9 Å². The third-order valence-corrected chi connectivity index (χ3v) is 9.93. The number of nitrogens with zero attached hydrogens (tertiary/aromatic N) is 7. The van der Waals surface area contributed by atoms with Gasteiger partial charge in [0.2, 0.25) is 5.91 Å². The fraction of sp³-hybridized carbons (Fsp3) is 0.484. The molecule has 3 aromatic heterocycles. The van der Waals surface area contributed by atoms with Crippen LogP contribution in [0.15, 0.2) is 54.0 Å². The monoisotopic (exact) mass is 776 g/mol. The van der Waals surface area contributed by atoms with Crippen molar-refractivity contribution in [2.45, 2.75) is 61.5 Å². The van der Waals surface area contributed by atoms with E-state index in [0.717, 1.165) is 10.1 Å². The Balaban J connectivity index is 1.23. The molecule has 4 aromatic rings. The molecule has 292 valence electrons. The molecular formula is C31H41N10O12P. The first-order valence-electron chi connectivity index (χ1n) is 16.5. The number of benzene rings is 1. The number of carbonyl (C=O) groups is 1. The lowest BCUT2D eigenvalue weighted by atomic mass is 10.0. The Morgan fingerprint density at radius 1 is 1.07 bits per heavy atom. The van der Waals surface area contributed by atoms with Gasteiger partial charge < -0.3 is 56.1 Å². The minimum Gasteiger partial charge on any atom is -0.497 e. The maximum absolute atomic E-state index is 13.4. The first-order chi connectivity index (χ1) is 25.7. The van der Waals surface area contributed by atoms with Crippen molar-refractivity contribution in [3.8, 4) is 5.75 Å². The molecule has 0 saturated carbocycles. The average molecular weight is 777 g/mol. The lowest BCUT2D eigenvalue weighted by molar-refractivity contribution is -0.124. The molecular weight excluding hydrogens is 735 g/mol. The zero-order valence-corrected chi connectivity index (χ0v) is 30.1. The minimum atomic E-state index is -5.18. The van der Waals surface area contributed by atoms with E-state index in [4.69, 9.17) is 34.7 Å². The smallest absolute Gasteiger partial charge is 0.472 e. The number of hydrogen-bond donors (Lipinski definition) is 7. The molecule has 1 amide bonds. The molecule has 2 fully saturated rings. The van der Waals surface area contributed by atoms with Crippen LogP contribution in [-0.4, -0.2) is 132 Å². The highest BCUT2D eigenvalue weighted by atomic mass is 31.2. The number of nitrogens with one attached hydrogen (secondary N) is 1. The maximum Gasteiger partial charge on any atom is 0.472 e. The molecule has 10 atom stereocenters. The lowest BCUT2D eigenvalue weighted by Gasteiger charge is -2.26. The van der Waals surface area contributed by atoms with Crippen molar-refractivity contribution in [2.75, 3.05) is 45.1 Å². The fourth-order valence-electron chi connectivity index (χ4n) is 6.20. The zero-order valence-electron chi connectivity index (χ0n) is 29.2. The van der Waals surface area contributed by atoms with E-state index in [1.54, 1.807) is 43.3 Å². The highest BCUT2D eigenvalue weighted by molar-refractivity contribution is 7.47. The van der Waals surface area contributed by atoms with Crippen LogP contribution >= 0.6 is 7.82 Å². The van der Waals surface area contributed by atoms with Gasteiger partial charge in [0, 0.05) is 20.3 Å². The third kappa shape index (κ3) is 8.07. The number of aliphatic hydroxyl groups excluding tert-OH is 3. The second kappa shape index (κ2) is 16.0. The van der Waals surface area contributed by atoms with Crippen LogP contribution in [0.2, 0.25) is 0 Å². The third-order valence-electron chi connectivity index (χ3n) is 8.95. The number of methoxy groups -OCH3 is 1. The number of hydrogen-bond acceptors (Lipinski definition) is 18. The summed E-state index contributed by atoms with van der Waals surface area (Å²) in [6.45, 7) is -1.49. The van der Waals surface area contributed by atoms with Gasteiger partial charge in [0.1, 0.15) is 48.4 Å². The number of nitrogen functional groups attached to an aromatic ring is 1. The molecule has 0 spiro atoms. The van der Waals surface area contributed by atoms with E-state index in [9.17, 15) is 34.4 Å². The number of anilines is 2. The van der Waals surface area contributed by atoms with E-state index in [0.29, 0.717) is 17.1 Å².